The van der Waals surface area contributed by atoms with Crippen LogP contribution in [0.4, 0.5) is 5.69 Å². The molecule has 0 aromatic heterocycles. The monoisotopic (exact) mass is 362 g/mol. The SMILES string of the molecule is Cc1ccc([N+](=O)[O-])cc1S(=O)(=O)N[C@@H](CC(C)C)c1ccccc1. The smallest absolute Gasteiger partial charge is 0.258 e. The van der Waals surface area contributed by atoms with E-state index in [2.05, 4.69) is 4.72 Å². The first-order valence-corrected chi connectivity index (χ1v) is 9.51. The third-order valence-electron chi connectivity index (χ3n) is 3.88. The van der Waals surface area contributed by atoms with Gasteiger partial charge >= 0.3 is 0 Å². The lowest BCUT2D eigenvalue weighted by atomic mass is 9.98. The number of non-ortho nitro benzene ring substituents is 1. The molecule has 0 aliphatic rings. The fourth-order valence-electron chi connectivity index (χ4n) is 2.65. The summed E-state index contributed by atoms with van der Waals surface area (Å²) < 4.78 is 28.4. The largest absolute Gasteiger partial charge is 0.270 e. The quantitative estimate of drug-likeness (QED) is 0.596. The van der Waals surface area contributed by atoms with Crippen LogP contribution in [0.3, 0.4) is 0 Å². The number of nitro groups is 1. The lowest BCUT2D eigenvalue weighted by Crippen LogP contribution is -2.30. The molecular weight excluding hydrogens is 340 g/mol. The van der Waals surface area contributed by atoms with Crippen molar-refractivity contribution in [3.8, 4) is 0 Å². The van der Waals surface area contributed by atoms with Crippen molar-refractivity contribution in [3.05, 3.63) is 69.8 Å². The predicted octanol–water partition coefficient (Wildman–Crippen LogP) is 3.97. The first-order valence-electron chi connectivity index (χ1n) is 8.03. The summed E-state index contributed by atoms with van der Waals surface area (Å²) in [4.78, 5) is 10.3. The molecule has 25 heavy (non-hydrogen) atoms. The van der Waals surface area contributed by atoms with Crippen LogP contribution in [-0.2, 0) is 10.0 Å². The van der Waals surface area contributed by atoms with E-state index < -0.39 is 21.0 Å². The minimum absolute atomic E-state index is 0.0635. The summed E-state index contributed by atoms with van der Waals surface area (Å²) in [6.45, 7) is 5.66. The van der Waals surface area contributed by atoms with Crippen molar-refractivity contribution in [1.82, 2.24) is 4.72 Å². The van der Waals surface area contributed by atoms with Gasteiger partial charge in [-0.25, -0.2) is 13.1 Å². The molecule has 2 aromatic rings. The maximum atomic E-state index is 12.9. The average molecular weight is 362 g/mol. The van der Waals surface area contributed by atoms with Crippen LogP contribution >= 0.6 is 0 Å². The molecule has 134 valence electrons. The fraction of sp³-hybridized carbons (Fsp3) is 0.333. The molecule has 0 spiro atoms. The molecule has 0 bridgehead atoms. The first-order chi connectivity index (χ1) is 11.7. The molecule has 0 fully saturated rings. The predicted molar refractivity (Wildman–Crippen MR) is 96.8 cm³/mol. The van der Waals surface area contributed by atoms with E-state index in [4.69, 9.17) is 0 Å². The van der Waals surface area contributed by atoms with E-state index in [1.807, 2.05) is 44.2 Å². The molecule has 0 amide bonds. The maximum absolute atomic E-state index is 12.9. The molecule has 0 aliphatic heterocycles. The van der Waals surface area contributed by atoms with Crippen molar-refractivity contribution in [2.24, 2.45) is 5.92 Å². The number of sulfonamides is 1. The zero-order chi connectivity index (χ0) is 18.6. The number of hydrogen-bond acceptors (Lipinski definition) is 4. The standard InChI is InChI=1S/C18H22N2O4S/c1-13(2)11-17(15-7-5-4-6-8-15)19-25(23,24)18-12-16(20(21)22)10-9-14(18)3/h4-10,12-13,17,19H,11H2,1-3H3/t17-/m0/s1. The Labute approximate surface area is 148 Å². The molecule has 0 heterocycles. The molecule has 6 nitrogen and oxygen atoms in total. The lowest BCUT2D eigenvalue weighted by Gasteiger charge is -2.21. The van der Waals surface area contributed by atoms with Gasteiger partial charge in [0, 0.05) is 18.2 Å². The maximum Gasteiger partial charge on any atom is 0.270 e. The van der Waals surface area contributed by atoms with E-state index in [9.17, 15) is 18.5 Å². The molecule has 0 radical (unpaired) electrons. The third-order valence-corrected chi connectivity index (χ3v) is 5.49. The molecule has 2 aromatic carbocycles. The Morgan fingerprint density at radius 1 is 1.12 bits per heavy atom. The molecule has 1 N–H and O–H groups in total. The van der Waals surface area contributed by atoms with Crippen LogP contribution in [-0.4, -0.2) is 13.3 Å². The minimum atomic E-state index is -3.89. The molecule has 0 saturated carbocycles. The first kappa shape index (κ1) is 19.1. The van der Waals surface area contributed by atoms with Crippen LogP contribution < -0.4 is 4.72 Å². The van der Waals surface area contributed by atoms with Crippen LogP contribution in [0.2, 0.25) is 0 Å². The molecular formula is C18H22N2O4S. The van der Waals surface area contributed by atoms with Crippen LogP contribution in [0, 0.1) is 23.0 Å². The van der Waals surface area contributed by atoms with Gasteiger partial charge in [0.1, 0.15) is 0 Å². The molecule has 0 unspecified atom stereocenters. The second kappa shape index (κ2) is 7.76. The molecule has 2 rings (SSSR count). The number of benzene rings is 2. The van der Waals surface area contributed by atoms with Gasteiger partial charge in [0.05, 0.1) is 9.82 Å². The fourth-order valence-corrected chi connectivity index (χ4v) is 4.15. The summed E-state index contributed by atoms with van der Waals surface area (Å²) in [5.41, 5.74) is 1.09. The Hall–Kier alpha value is -2.25. The Morgan fingerprint density at radius 2 is 1.76 bits per heavy atom. The van der Waals surface area contributed by atoms with E-state index in [1.165, 1.54) is 12.1 Å². The van der Waals surface area contributed by atoms with Crippen LogP contribution in [0.5, 0.6) is 0 Å². The van der Waals surface area contributed by atoms with Crippen molar-refractivity contribution >= 4 is 15.7 Å². The zero-order valence-corrected chi connectivity index (χ0v) is 15.3. The van der Waals surface area contributed by atoms with Gasteiger partial charge in [0.25, 0.3) is 5.69 Å². The summed E-state index contributed by atoms with van der Waals surface area (Å²) in [6.07, 6.45) is 0.622. The number of rotatable bonds is 7. The number of hydrogen-bond donors (Lipinski definition) is 1. The number of nitrogens with zero attached hydrogens (tertiary/aromatic N) is 1. The zero-order valence-electron chi connectivity index (χ0n) is 14.5. The molecule has 0 saturated heterocycles. The Balaban J connectivity index is 2.41. The van der Waals surface area contributed by atoms with Crippen molar-refractivity contribution in [2.45, 2.75) is 38.1 Å². The molecule has 0 aliphatic carbocycles. The summed E-state index contributed by atoms with van der Waals surface area (Å²) in [5.74, 6) is 0.277. The van der Waals surface area contributed by atoms with Gasteiger partial charge in [-0.1, -0.05) is 50.2 Å². The van der Waals surface area contributed by atoms with Gasteiger partial charge in [-0.2, -0.15) is 0 Å². The second-order valence-corrected chi connectivity index (χ2v) is 8.10. The van der Waals surface area contributed by atoms with Gasteiger partial charge in [-0.3, -0.25) is 10.1 Å². The number of nitro benzene ring substituents is 1. The van der Waals surface area contributed by atoms with E-state index in [0.29, 0.717) is 12.0 Å². The van der Waals surface area contributed by atoms with Crippen molar-refractivity contribution in [2.75, 3.05) is 0 Å². The van der Waals surface area contributed by atoms with Gasteiger partial charge < -0.3 is 0 Å². The Morgan fingerprint density at radius 3 is 2.32 bits per heavy atom. The highest BCUT2D eigenvalue weighted by Gasteiger charge is 2.25. The number of aryl methyl sites for hydroxylation is 1. The minimum Gasteiger partial charge on any atom is -0.258 e. The van der Waals surface area contributed by atoms with Crippen molar-refractivity contribution in [3.63, 3.8) is 0 Å². The van der Waals surface area contributed by atoms with Gasteiger partial charge in [0.15, 0.2) is 0 Å². The van der Waals surface area contributed by atoms with Gasteiger partial charge in [-0.15, -0.1) is 0 Å². The summed E-state index contributed by atoms with van der Waals surface area (Å²) >= 11 is 0. The average Bonchev–Trinajstić information content (AvgIpc) is 2.54. The highest BCUT2D eigenvalue weighted by Crippen LogP contribution is 2.26. The topological polar surface area (TPSA) is 89.3 Å². The Bertz CT molecular complexity index is 849. The highest BCUT2D eigenvalue weighted by atomic mass is 32.2. The third kappa shape index (κ3) is 4.87. The molecule has 7 heteroatoms. The van der Waals surface area contributed by atoms with Crippen LogP contribution in [0.25, 0.3) is 0 Å². The van der Waals surface area contributed by atoms with Crippen LogP contribution in [0.1, 0.15) is 37.4 Å². The lowest BCUT2D eigenvalue weighted by molar-refractivity contribution is -0.385. The van der Waals surface area contributed by atoms with E-state index in [-0.39, 0.29) is 16.5 Å². The van der Waals surface area contributed by atoms with E-state index >= 15 is 0 Å². The van der Waals surface area contributed by atoms with Crippen LogP contribution in [0.15, 0.2) is 53.4 Å². The van der Waals surface area contributed by atoms with Gasteiger partial charge in [0.2, 0.25) is 10.0 Å². The molecule has 1 atom stereocenters. The van der Waals surface area contributed by atoms with E-state index in [1.54, 1.807) is 6.92 Å². The van der Waals surface area contributed by atoms with Crippen molar-refractivity contribution < 1.29 is 13.3 Å². The van der Waals surface area contributed by atoms with Crippen molar-refractivity contribution in [1.29, 1.82) is 0 Å². The summed E-state index contributed by atoms with van der Waals surface area (Å²) in [6, 6.07) is 12.8. The van der Waals surface area contributed by atoms with Gasteiger partial charge in [-0.05, 0) is 30.4 Å². The summed E-state index contributed by atoms with van der Waals surface area (Å²) in [7, 11) is -3.89. The van der Waals surface area contributed by atoms with E-state index in [0.717, 1.165) is 11.6 Å². The Kier molecular flexibility index (Phi) is 5.92. The highest BCUT2D eigenvalue weighted by molar-refractivity contribution is 7.89. The summed E-state index contributed by atoms with van der Waals surface area (Å²) in [5, 5.41) is 11.0. The second-order valence-electron chi connectivity index (χ2n) is 6.42. The normalized spacial score (nSPS) is 13.0. The number of nitrogens with one attached hydrogen (secondary N) is 1.